The Balaban J connectivity index is 2.21. The second-order valence-corrected chi connectivity index (χ2v) is 16.0. The number of carbonyl (C=O) groups excluding carboxylic acids is 8. The van der Waals surface area contributed by atoms with E-state index in [1.165, 1.54) is 11.8 Å². The molecule has 2 aliphatic rings. The van der Waals surface area contributed by atoms with Crippen LogP contribution in [0.1, 0.15) is 98.8 Å². The zero-order valence-electron chi connectivity index (χ0n) is 35.1. The zero-order valence-corrected chi connectivity index (χ0v) is 35.1. The van der Waals surface area contributed by atoms with Crippen LogP contribution in [0.3, 0.4) is 0 Å². The summed E-state index contributed by atoms with van der Waals surface area (Å²) in [5.74, 6) is -11.2. The minimum Gasteiger partial charge on any atom is -0.481 e. The predicted octanol–water partition coefficient (Wildman–Crippen LogP) is -2.87. The van der Waals surface area contributed by atoms with Gasteiger partial charge in [0.2, 0.25) is 47.3 Å². The average Bonchev–Trinajstić information content (AvgIpc) is 3.88. The quantitative estimate of drug-likeness (QED) is 0.0466. The number of nitrogens with two attached hydrogens (primary N) is 2. The van der Waals surface area contributed by atoms with E-state index in [0.29, 0.717) is 25.8 Å². The average molecular weight is 868 g/mol. The molecule has 0 saturated carbocycles. The van der Waals surface area contributed by atoms with E-state index in [1.807, 2.05) is 0 Å². The molecular formula is C38H61N9O14. The molecule has 2 rings (SSSR count). The van der Waals surface area contributed by atoms with Gasteiger partial charge in [-0.05, 0) is 63.7 Å². The number of rotatable bonds is 24. The van der Waals surface area contributed by atoms with Gasteiger partial charge in [-0.2, -0.15) is 0 Å². The van der Waals surface area contributed by atoms with E-state index < -0.39 is 145 Å². The SMILES string of the molecule is CC(C)[C@H](N)C(=O)N1CCC[C@H]1C(=O)N[C@H](C(=O)N[C@@H](CCC(=O)O)C(=O)N[C@@H](C)C(=O)N[C@@H](CCC(=O)O)C(=O)N1CCC[C@H]1C(=O)N[C@@H](CCC(N)=O)C(=O)O)C(C)C. The summed E-state index contributed by atoms with van der Waals surface area (Å²) in [6.45, 7) is 8.27. The number of likely N-dealkylation sites (tertiary alicyclic amines) is 2. The molecule has 0 aromatic carbocycles. The molecule has 2 saturated heterocycles. The lowest BCUT2D eigenvalue weighted by atomic mass is 10.0. The Bertz CT molecular complexity index is 1670. The van der Waals surface area contributed by atoms with Crippen LogP contribution in [0.25, 0.3) is 0 Å². The maximum atomic E-state index is 13.8. The topological polar surface area (TPSA) is 367 Å². The molecule has 23 nitrogen and oxygen atoms in total. The van der Waals surface area contributed by atoms with E-state index in [9.17, 15) is 68.1 Å². The molecule has 8 atom stereocenters. The van der Waals surface area contributed by atoms with E-state index in [-0.39, 0.29) is 31.7 Å². The second kappa shape index (κ2) is 23.8. The van der Waals surface area contributed by atoms with Crippen molar-refractivity contribution in [2.24, 2.45) is 23.3 Å². The highest BCUT2D eigenvalue weighted by atomic mass is 16.4. The first-order valence-electron chi connectivity index (χ1n) is 20.3. The summed E-state index contributed by atoms with van der Waals surface area (Å²) < 4.78 is 0. The minimum absolute atomic E-state index is 0.00616. The van der Waals surface area contributed by atoms with E-state index in [2.05, 4.69) is 26.6 Å². The molecule has 23 heteroatoms. The predicted molar refractivity (Wildman–Crippen MR) is 212 cm³/mol. The summed E-state index contributed by atoms with van der Waals surface area (Å²) in [4.78, 5) is 142. The first-order valence-corrected chi connectivity index (χ1v) is 20.3. The molecule has 0 unspecified atom stereocenters. The maximum absolute atomic E-state index is 13.8. The van der Waals surface area contributed by atoms with Gasteiger partial charge in [-0.15, -0.1) is 0 Å². The van der Waals surface area contributed by atoms with Gasteiger partial charge in [0.15, 0.2) is 0 Å². The number of amides is 8. The van der Waals surface area contributed by atoms with Crippen molar-refractivity contribution in [3.05, 3.63) is 0 Å². The lowest BCUT2D eigenvalue weighted by molar-refractivity contribution is -0.145. The smallest absolute Gasteiger partial charge is 0.326 e. The molecule has 8 amide bonds. The molecule has 2 fully saturated rings. The molecule has 0 aromatic heterocycles. The third-order valence-electron chi connectivity index (χ3n) is 10.5. The lowest BCUT2D eigenvalue weighted by Crippen LogP contribution is -2.60. The summed E-state index contributed by atoms with van der Waals surface area (Å²) in [6.07, 6.45) is -1.50. The molecule has 0 radical (unpaired) electrons. The third-order valence-corrected chi connectivity index (χ3v) is 10.5. The lowest BCUT2D eigenvalue weighted by Gasteiger charge is -2.31. The summed E-state index contributed by atoms with van der Waals surface area (Å²) >= 11 is 0. The van der Waals surface area contributed by atoms with Crippen LogP contribution in [0, 0.1) is 11.8 Å². The molecular weight excluding hydrogens is 806 g/mol. The number of hydrogen-bond acceptors (Lipinski definition) is 12. The van der Waals surface area contributed by atoms with Gasteiger partial charge < -0.3 is 63.2 Å². The Hall–Kier alpha value is -5.87. The zero-order chi connectivity index (χ0) is 46.3. The summed E-state index contributed by atoms with van der Waals surface area (Å²) in [7, 11) is 0. The van der Waals surface area contributed by atoms with Crippen molar-refractivity contribution in [1.82, 2.24) is 36.4 Å². The van der Waals surface area contributed by atoms with Crippen LogP contribution in [0.2, 0.25) is 0 Å². The minimum atomic E-state index is -1.54. The number of nitrogens with zero attached hydrogens (tertiary/aromatic N) is 2. The highest BCUT2D eigenvalue weighted by molar-refractivity contribution is 5.98. The van der Waals surface area contributed by atoms with Gasteiger partial charge >= 0.3 is 17.9 Å². The normalized spacial score (nSPS) is 19.1. The van der Waals surface area contributed by atoms with Crippen molar-refractivity contribution in [3.8, 4) is 0 Å². The molecule has 342 valence electrons. The fourth-order valence-corrected chi connectivity index (χ4v) is 6.88. The van der Waals surface area contributed by atoms with Crippen LogP contribution in [-0.2, 0) is 52.7 Å². The van der Waals surface area contributed by atoms with E-state index in [0.717, 1.165) is 4.90 Å². The molecule has 0 bridgehead atoms. The number of hydrogen-bond donors (Lipinski definition) is 10. The van der Waals surface area contributed by atoms with Crippen molar-refractivity contribution in [2.75, 3.05) is 13.1 Å². The van der Waals surface area contributed by atoms with Gasteiger partial charge in [-0.3, -0.25) is 47.9 Å². The van der Waals surface area contributed by atoms with Crippen LogP contribution in [0.15, 0.2) is 0 Å². The van der Waals surface area contributed by atoms with Crippen LogP contribution >= 0.6 is 0 Å². The fraction of sp³-hybridized carbons (Fsp3) is 0.711. The number of primary amides is 1. The van der Waals surface area contributed by atoms with E-state index >= 15 is 0 Å². The van der Waals surface area contributed by atoms with Gasteiger partial charge in [0.05, 0.1) is 6.04 Å². The highest BCUT2D eigenvalue weighted by Crippen LogP contribution is 2.22. The summed E-state index contributed by atoms with van der Waals surface area (Å²) in [5.41, 5.74) is 11.2. The number of carboxylic acids is 3. The van der Waals surface area contributed by atoms with Crippen molar-refractivity contribution in [3.63, 3.8) is 0 Å². The Kier molecular flexibility index (Phi) is 20.0. The number of carboxylic acid groups (broad SMARTS) is 3. The summed E-state index contributed by atoms with van der Waals surface area (Å²) in [5, 5.41) is 40.4. The molecule has 12 N–H and O–H groups in total. The van der Waals surface area contributed by atoms with Crippen LogP contribution in [0.5, 0.6) is 0 Å². The standard InChI is InChI=1S/C38H61N9O14/c1-18(2)29(40)37(59)47-17-7-9-25(47)34(56)45-30(19(3)4)35(57)42-21(11-14-27(49)50)32(54)41-20(5)31(53)43-22(12-15-28(51)52)36(58)46-16-6-8-24(46)33(55)44-23(38(60)61)10-13-26(39)48/h18-25,29-30H,6-17,40H2,1-5H3,(H2,39,48)(H,41,54)(H,42,57)(H,43,53)(H,44,55)(H,45,56)(H,49,50)(H,51,52)(H,60,61)/t20-,21-,22-,23-,24-,25-,29-,30-/m0/s1. The second-order valence-electron chi connectivity index (χ2n) is 16.0. The molecule has 2 heterocycles. The van der Waals surface area contributed by atoms with Crippen molar-refractivity contribution in [2.45, 2.75) is 147 Å². The Morgan fingerprint density at radius 3 is 1.52 bits per heavy atom. The first-order chi connectivity index (χ1) is 28.5. The Labute approximate surface area is 352 Å². The van der Waals surface area contributed by atoms with E-state index in [4.69, 9.17) is 11.5 Å². The first kappa shape index (κ1) is 51.3. The number of aliphatic carboxylic acids is 3. The van der Waals surface area contributed by atoms with Crippen molar-refractivity contribution < 1.29 is 68.1 Å². The molecule has 0 aliphatic carbocycles. The van der Waals surface area contributed by atoms with Crippen LogP contribution < -0.4 is 38.1 Å². The molecule has 2 aliphatic heterocycles. The van der Waals surface area contributed by atoms with Gasteiger partial charge in [0, 0.05) is 32.4 Å². The largest absolute Gasteiger partial charge is 0.481 e. The van der Waals surface area contributed by atoms with Gasteiger partial charge in [-0.1, -0.05) is 27.7 Å². The van der Waals surface area contributed by atoms with Crippen LogP contribution in [-0.4, -0.2) is 152 Å². The number of carbonyl (C=O) groups is 11. The molecule has 0 spiro atoms. The number of nitrogens with one attached hydrogen (secondary N) is 5. The van der Waals surface area contributed by atoms with Gasteiger partial charge in [0.1, 0.15) is 42.3 Å². The third kappa shape index (κ3) is 15.6. The molecule has 0 aromatic rings. The van der Waals surface area contributed by atoms with Crippen molar-refractivity contribution >= 4 is 65.2 Å². The monoisotopic (exact) mass is 867 g/mol. The molecule has 61 heavy (non-hydrogen) atoms. The Morgan fingerprint density at radius 1 is 0.574 bits per heavy atom. The van der Waals surface area contributed by atoms with Gasteiger partial charge in [0.25, 0.3) is 0 Å². The van der Waals surface area contributed by atoms with Gasteiger partial charge in [-0.25, -0.2) is 4.79 Å². The maximum Gasteiger partial charge on any atom is 0.326 e. The van der Waals surface area contributed by atoms with Crippen molar-refractivity contribution in [1.29, 1.82) is 0 Å². The Morgan fingerprint density at radius 2 is 1.05 bits per heavy atom. The highest BCUT2D eigenvalue weighted by Gasteiger charge is 2.41. The van der Waals surface area contributed by atoms with E-state index in [1.54, 1.807) is 27.7 Å². The van der Waals surface area contributed by atoms with Crippen LogP contribution in [0.4, 0.5) is 0 Å². The fourth-order valence-electron chi connectivity index (χ4n) is 6.88. The summed E-state index contributed by atoms with van der Waals surface area (Å²) in [6, 6.07) is -10.2.